The van der Waals surface area contributed by atoms with Crippen LogP contribution in [0.15, 0.2) is 29.2 Å². The smallest absolute Gasteiger partial charge is 0.380 e. The summed E-state index contributed by atoms with van der Waals surface area (Å²) in [5.74, 6) is 0.0564. The van der Waals surface area contributed by atoms with Gasteiger partial charge in [-0.15, -0.1) is 0 Å². The second-order valence-corrected chi connectivity index (χ2v) is 7.24. The Bertz CT molecular complexity index is 672. The van der Waals surface area contributed by atoms with Gasteiger partial charge in [0.15, 0.2) is 0 Å². The molecule has 0 spiro atoms. The van der Waals surface area contributed by atoms with Crippen molar-refractivity contribution in [2.45, 2.75) is 36.2 Å². The number of benzene rings is 1. The van der Waals surface area contributed by atoms with Crippen molar-refractivity contribution in [2.24, 2.45) is 0 Å². The monoisotopic (exact) mass is 350 g/mol. The van der Waals surface area contributed by atoms with E-state index in [-0.39, 0.29) is 11.9 Å². The zero-order valence-electron chi connectivity index (χ0n) is 12.4. The van der Waals surface area contributed by atoms with Crippen LogP contribution < -0.4 is 5.32 Å². The minimum absolute atomic E-state index is 0.00410. The third-order valence-electron chi connectivity index (χ3n) is 3.68. The third kappa shape index (κ3) is 3.77. The van der Waals surface area contributed by atoms with Crippen LogP contribution in [0.25, 0.3) is 0 Å². The molecule has 1 N–H and O–H groups in total. The molecule has 0 bridgehead atoms. The molecule has 2 rings (SSSR count). The van der Waals surface area contributed by atoms with Crippen molar-refractivity contribution in [2.75, 3.05) is 18.4 Å². The topological polar surface area (TPSA) is 66.5 Å². The molecule has 0 aromatic heterocycles. The minimum atomic E-state index is -5.32. The lowest BCUT2D eigenvalue weighted by molar-refractivity contribution is -0.129. The normalized spacial score (nSPS) is 19.0. The average molecular weight is 350 g/mol. The van der Waals surface area contributed by atoms with Gasteiger partial charge in [0.05, 0.1) is 4.90 Å². The van der Waals surface area contributed by atoms with Gasteiger partial charge >= 0.3 is 5.51 Å². The van der Waals surface area contributed by atoms with Crippen LogP contribution in [-0.4, -0.2) is 43.9 Å². The molecule has 0 saturated carbocycles. The maximum Gasteiger partial charge on any atom is 0.501 e. The number of sulfone groups is 1. The number of hydrogen-bond acceptors (Lipinski definition) is 4. The molecule has 1 aromatic carbocycles. The number of nitrogens with one attached hydrogen (secondary N) is 1. The first kappa shape index (κ1) is 17.6. The highest BCUT2D eigenvalue weighted by Gasteiger charge is 2.46. The van der Waals surface area contributed by atoms with Crippen molar-refractivity contribution < 1.29 is 26.4 Å². The number of carbonyl (C=O) groups excluding carboxylic acids is 1. The highest BCUT2D eigenvalue weighted by atomic mass is 32.2. The molecule has 1 saturated heterocycles. The first-order chi connectivity index (χ1) is 10.6. The molecule has 5 nitrogen and oxygen atoms in total. The largest absolute Gasteiger partial charge is 0.501 e. The van der Waals surface area contributed by atoms with E-state index in [9.17, 15) is 26.4 Å². The van der Waals surface area contributed by atoms with Gasteiger partial charge in [-0.25, -0.2) is 8.42 Å². The van der Waals surface area contributed by atoms with Gasteiger partial charge in [-0.05, 0) is 30.7 Å². The van der Waals surface area contributed by atoms with Gasteiger partial charge in [-0.1, -0.05) is 6.92 Å². The fourth-order valence-electron chi connectivity index (χ4n) is 2.43. The Hall–Kier alpha value is -1.77. The number of likely N-dealkylation sites (tertiary alicyclic amines) is 1. The highest BCUT2D eigenvalue weighted by Crippen LogP contribution is 2.30. The van der Waals surface area contributed by atoms with Crippen molar-refractivity contribution in [1.82, 2.24) is 4.90 Å². The number of alkyl halides is 3. The highest BCUT2D eigenvalue weighted by molar-refractivity contribution is 7.92. The number of nitrogens with zero attached hydrogens (tertiary/aromatic N) is 1. The molecule has 1 heterocycles. The summed E-state index contributed by atoms with van der Waals surface area (Å²) < 4.78 is 59.9. The number of halogens is 3. The van der Waals surface area contributed by atoms with E-state index in [2.05, 4.69) is 5.32 Å². The summed E-state index contributed by atoms with van der Waals surface area (Å²) in [6.07, 6.45) is 1.16. The van der Waals surface area contributed by atoms with Gasteiger partial charge in [0, 0.05) is 31.2 Å². The van der Waals surface area contributed by atoms with Crippen LogP contribution in [-0.2, 0) is 14.6 Å². The van der Waals surface area contributed by atoms with Gasteiger partial charge in [-0.3, -0.25) is 4.79 Å². The van der Waals surface area contributed by atoms with E-state index in [1.807, 2.05) is 0 Å². The molecular weight excluding hydrogens is 333 g/mol. The second-order valence-electron chi connectivity index (χ2n) is 5.30. The molecule has 1 fully saturated rings. The van der Waals surface area contributed by atoms with Crippen molar-refractivity contribution in [3.63, 3.8) is 0 Å². The van der Waals surface area contributed by atoms with Gasteiger partial charge in [0.1, 0.15) is 0 Å². The lowest BCUT2D eigenvalue weighted by atomic mass is 10.2. The quantitative estimate of drug-likeness (QED) is 0.906. The molecule has 1 aliphatic heterocycles. The molecule has 0 aliphatic carbocycles. The van der Waals surface area contributed by atoms with Gasteiger partial charge in [0.2, 0.25) is 5.91 Å². The maximum absolute atomic E-state index is 12.5. The number of anilines is 1. The molecule has 0 radical (unpaired) electrons. The average Bonchev–Trinajstić information content (AvgIpc) is 2.94. The number of amides is 1. The molecule has 1 atom stereocenters. The van der Waals surface area contributed by atoms with Crippen molar-refractivity contribution in [3.05, 3.63) is 24.3 Å². The van der Waals surface area contributed by atoms with Crippen LogP contribution in [0.2, 0.25) is 0 Å². The maximum atomic E-state index is 12.5. The Balaban J connectivity index is 2.03. The summed E-state index contributed by atoms with van der Waals surface area (Å²) in [5, 5.41) is 3.10. The van der Waals surface area contributed by atoms with E-state index in [4.69, 9.17) is 0 Å². The van der Waals surface area contributed by atoms with Gasteiger partial charge < -0.3 is 10.2 Å². The van der Waals surface area contributed by atoms with Crippen LogP contribution >= 0.6 is 0 Å². The van der Waals surface area contributed by atoms with Crippen LogP contribution in [0.1, 0.15) is 19.8 Å². The lowest BCUT2D eigenvalue weighted by Gasteiger charge is -2.17. The Morgan fingerprint density at radius 3 is 2.43 bits per heavy atom. The molecule has 1 aliphatic rings. The zero-order chi connectivity index (χ0) is 17.3. The van der Waals surface area contributed by atoms with Crippen LogP contribution in [0.4, 0.5) is 18.9 Å². The van der Waals surface area contributed by atoms with Crippen LogP contribution in [0.3, 0.4) is 0 Å². The Labute approximate surface area is 132 Å². The predicted octanol–water partition coefficient (Wildman–Crippen LogP) is 2.40. The summed E-state index contributed by atoms with van der Waals surface area (Å²) >= 11 is 0. The molecule has 9 heteroatoms. The summed E-state index contributed by atoms with van der Waals surface area (Å²) in [6, 6.07) is 4.44. The molecule has 1 unspecified atom stereocenters. The number of rotatable bonds is 4. The zero-order valence-corrected chi connectivity index (χ0v) is 13.2. The Morgan fingerprint density at radius 1 is 1.30 bits per heavy atom. The summed E-state index contributed by atoms with van der Waals surface area (Å²) in [6.45, 7) is 2.93. The summed E-state index contributed by atoms with van der Waals surface area (Å²) in [4.78, 5) is 12.5. The second kappa shape index (κ2) is 6.38. The fraction of sp³-hybridized carbons (Fsp3) is 0.500. The van der Waals surface area contributed by atoms with E-state index in [0.717, 1.165) is 18.6 Å². The molecule has 1 amide bonds. The molecular formula is C14H17F3N2O3S. The van der Waals surface area contributed by atoms with Gasteiger partial charge in [-0.2, -0.15) is 13.2 Å². The van der Waals surface area contributed by atoms with Crippen molar-refractivity contribution in [1.29, 1.82) is 0 Å². The summed E-state index contributed by atoms with van der Waals surface area (Å²) in [7, 11) is -5.32. The Kier molecular flexibility index (Phi) is 4.88. The first-order valence-electron chi connectivity index (χ1n) is 7.11. The van der Waals surface area contributed by atoms with E-state index < -0.39 is 20.2 Å². The third-order valence-corrected chi connectivity index (χ3v) is 5.19. The predicted molar refractivity (Wildman–Crippen MR) is 78.6 cm³/mol. The van der Waals surface area contributed by atoms with E-state index >= 15 is 0 Å². The SMILES string of the molecule is CCC(=O)N1CCC(Nc2ccc(S(=O)(=O)C(F)(F)F)cc2)C1. The fourth-order valence-corrected chi connectivity index (χ4v) is 3.19. The van der Waals surface area contributed by atoms with Crippen LogP contribution in [0.5, 0.6) is 0 Å². The van der Waals surface area contributed by atoms with Crippen molar-refractivity contribution in [3.8, 4) is 0 Å². The number of carbonyl (C=O) groups is 1. The molecule has 1 aromatic rings. The summed E-state index contributed by atoms with van der Waals surface area (Å²) in [5.41, 5.74) is -4.80. The lowest BCUT2D eigenvalue weighted by Crippen LogP contribution is -2.30. The minimum Gasteiger partial charge on any atom is -0.380 e. The van der Waals surface area contributed by atoms with Crippen molar-refractivity contribution >= 4 is 21.4 Å². The van der Waals surface area contributed by atoms with E-state index in [1.54, 1.807) is 11.8 Å². The molecule has 128 valence electrons. The standard InChI is InChI=1S/C14H17F3N2O3S/c1-2-13(20)19-8-7-11(9-19)18-10-3-5-12(6-4-10)23(21,22)14(15,16)17/h3-6,11,18H,2,7-9H2,1H3. The van der Waals surface area contributed by atoms with E-state index in [0.29, 0.717) is 25.2 Å². The molecule has 23 heavy (non-hydrogen) atoms. The first-order valence-corrected chi connectivity index (χ1v) is 8.59. The van der Waals surface area contributed by atoms with Crippen LogP contribution in [0, 0.1) is 0 Å². The Morgan fingerprint density at radius 2 is 1.91 bits per heavy atom. The number of hydrogen-bond donors (Lipinski definition) is 1. The van der Waals surface area contributed by atoms with E-state index in [1.165, 1.54) is 12.1 Å². The van der Waals surface area contributed by atoms with Gasteiger partial charge in [0.25, 0.3) is 9.84 Å².